The number of aliphatic hydroxyl groups is 11. The highest BCUT2D eigenvalue weighted by Gasteiger charge is 2.61. The van der Waals surface area contributed by atoms with Crippen LogP contribution in [-0.4, -0.2) is 283 Å². The fraction of sp³-hybridized carbons (Fsp3) is 0.725. The minimum Gasteiger partial charge on any atom is -0.756 e. The van der Waals surface area contributed by atoms with Gasteiger partial charge in [-0.3, -0.25) is 28.3 Å². The van der Waals surface area contributed by atoms with Gasteiger partial charge in [0.1, 0.15) is 115 Å². The van der Waals surface area contributed by atoms with E-state index >= 15 is 0 Å². The molecule has 109 heavy (non-hydrogen) atoms. The monoisotopic (exact) mass is 1580 g/mol. The summed E-state index contributed by atoms with van der Waals surface area (Å²) >= 11 is 0. The molecule has 1 aliphatic carbocycles. The molecule has 0 radical (unpaired) electrons. The second kappa shape index (κ2) is 40.5. The number of carboxylic acid groups (broad SMARTS) is 2. The molecule has 6 rings (SSSR count). The SMILES string of the molecule is C=C(C/C=C(\C)CCC=C(C)C)CCC(C)(C)/C=C/CC/C(C)=C/CO[C@H](COP(=O)([O-])O[C@H]1O[C@H](C(=O)[O-])[C@@](C)(O)[C@H](OC(N)=O)[C@H]1O[C@@H]1O[C@H](CO[C@@H]2O[C@H](CO)[C@@H](O)[C@H](O)[C@H]2O)[C@@H](O[C@@H]2O[C@H](C)[C@@H](O[C@@H]3O[C@H](C(=O)NC4=C(O)CCC4=O)[C@H](O)[C@H](O)[C@H]3O)[C@H](O)[C@H]2NC(C)=O)[C@H](O)[C@H]1NC(C)=O)C(=O)[O-]. The molecule has 39 nitrogen and oxygen atoms in total. The van der Waals surface area contributed by atoms with E-state index in [0.29, 0.717) is 19.8 Å². The van der Waals surface area contributed by atoms with Crippen LogP contribution in [0.15, 0.2) is 70.7 Å². The molecule has 0 bridgehead atoms. The Bertz CT molecular complexity index is 3360. The number of phosphoric acid groups is 1. The number of nitrogens with one attached hydrogen (secondary N) is 3. The molecule has 1 unspecified atom stereocenters. The Morgan fingerprint density at radius 2 is 1.30 bits per heavy atom. The van der Waals surface area contributed by atoms with Gasteiger partial charge in [-0.2, -0.15) is 0 Å². The van der Waals surface area contributed by atoms with Crippen molar-refractivity contribution in [3.05, 3.63) is 70.7 Å². The van der Waals surface area contributed by atoms with Crippen LogP contribution in [0.4, 0.5) is 4.79 Å². The zero-order valence-electron chi connectivity index (χ0n) is 62.0. The molecule has 618 valence electrons. The average Bonchev–Trinajstić information content (AvgIpc) is 1.80. The van der Waals surface area contributed by atoms with Crippen LogP contribution in [0.1, 0.15) is 127 Å². The summed E-state index contributed by atoms with van der Waals surface area (Å²) in [6.45, 7) is 16.2. The Morgan fingerprint density at radius 1 is 0.725 bits per heavy atom. The molecule has 4 amide bonds. The molecule has 0 spiro atoms. The molecule has 0 saturated carbocycles. The molecule has 40 heteroatoms. The van der Waals surface area contributed by atoms with Crippen molar-refractivity contribution in [2.24, 2.45) is 11.1 Å². The van der Waals surface area contributed by atoms with Crippen molar-refractivity contribution in [3.8, 4) is 0 Å². The molecular weight excluding hydrogens is 1480 g/mol. The third kappa shape index (κ3) is 25.4. The number of hydrogen-bond acceptors (Lipinski definition) is 35. The first-order valence-electron chi connectivity index (χ1n) is 35.2. The van der Waals surface area contributed by atoms with Crippen molar-refractivity contribution < 1.29 is 171 Å². The maximum atomic E-state index is 13.9. The van der Waals surface area contributed by atoms with Crippen molar-refractivity contribution in [2.75, 3.05) is 26.4 Å². The predicted octanol–water partition coefficient (Wildman–Crippen LogP) is -4.73. The molecule has 0 aromatic rings. The van der Waals surface area contributed by atoms with E-state index in [1.807, 2.05) is 6.08 Å². The van der Waals surface area contributed by atoms with E-state index in [1.165, 1.54) is 24.1 Å². The second-order valence-corrected chi connectivity index (χ2v) is 30.1. The van der Waals surface area contributed by atoms with Gasteiger partial charge in [0, 0.05) is 26.7 Å². The molecule has 5 aliphatic heterocycles. The lowest BCUT2D eigenvalue weighted by Crippen LogP contribution is -2.73. The summed E-state index contributed by atoms with van der Waals surface area (Å²) in [6.07, 6.45) is -37.3. The first kappa shape index (κ1) is 91.7. The maximum absolute atomic E-state index is 13.9. The highest BCUT2D eigenvalue weighted by Crippen LogP contribution is 2.46. The largest absolute Gasteiger partial charge is 0.756 e. The number of Topliss-reactive ketones (excluding diaryl/α,β-unsaturated/α-hetero) is 1. The van der Waals surface area contributed by atoms with Crippen LogP contribution >= 0.6 is 7.82 Å². The summed E-state index contributed by atoms with van der Waals surface area (Å²) in [5.74, 6) is -8.83. The average molecular weight is 1580 g/mol. The van der Waals surface area contributed by atoms with Gasteiger partial charge in [0.2, 0.25) is 11.8 Å². The van der Waals surface area contributed by atoms with E-state index in [0.717, 1.165) is 57.1 Å². The number of carbonyl (C=O) groups excluding carboxylic acids is 7. The second-order valence-electron chi connectivity index (χ2n) is 28.7. The number of ketones is 1. The number of carbonyl (C=O) groups is 7. The van der Waals surface area contributed by atoms with Gasteiger partial charge in [-0.25, -0.2) is 4.79 Å². The lowest BCUT2D eigenvalue weighted by Gasteiger charge is -2.52. The lowest BCUT2D eigenvalue weighted by molar-refractivity contribution is -0.388. The molecule has 27 atom stereocenters. The molecule has 16 N–H and O–H groups in total. The van der Waals surface area contributed by atoms with Gasteiger partial charge in [0.25, 0.3) is 13.7 Å². The normalized spacial score (nSPS) is 35.6. The molecule has 5 fully saturated rings. The van der Waals surface area contributed by atoms with Crippen molar-refractivity contribution in [2.45, 2.75) is 286 Å². The molecule has 6 aliphatic rings. The van der Waals surface area contributed by atoms with Crippen LogP contribution in [0.3, 0.4) is 0 Å². The Kier molecular flexibility index (Phi) is 34.1. The van der Waals surface area contributed by atoms with Crippen LogP contribution in [0.25, 0.3) is 0 Å². The van der Waals surface area contributed by atoms with Gasteiger partial charge in [0.05, 0.1) is 44.5 Å². The third-order valence-electron chi connectivity index (χ3n) is 18.8. The molecule has 5 heterocycles. The number of hydrogen-bond donors (Lipinski definition) is 15. The predicted molar refractivity (Wildman–Crippen MR) is 363 cm³/mol. The summed E-state index contributed by atoms with van der Waals surface area (Å²) < 4.78 is 87.5. The van der Waals surface area contributed by atoms with E-state index in [4.69, 9.17) is 66.9 Å². The number of amides is 4. The summed E-state index contributed by atoms with van der Waals surface area (Å²) in [7, 11) is -6.19. The number of aliphatic hydroxyl groups excluding tert-OH is 10. The van der Waals surface area contributed by atoms with Crippen molar-refractivity contribution in [1.82, 2.24) is 16.0 Å². The van der Waals surface area contributed by atoms with Gasteiger partial charge < -0.3 is 159 Å². The highest BCUT2D eigenvalue weighted by atomic mass is 31.2. The van der Waals surface area contributed by atoms with E-state index in [-0.39, 0.29) is 18.3 Å². The Balaban J connectivity index is 1.25. The van der Waals surface area contributed by atoms with Crippen LogP contribution in [0, 0.1) is 5.41 Å². The highest BCUT2D eigenvalue weighted by molar-refractivity contribution is 7.45. The molecule has 5 saturated heterocycles. The molecular formula is C69H104N4O35P-3. The Morgan fingerprint density at radius 3 is 1.89 bits per heavy atom. The van der Waals surface area contributed by atoms with Gasteiger partial charge in [-0.05, 0) is 91.9 Å². The number of allylic oxidation sites excluding steroid dienone is 10. The van der Waals surface area contributed by atoms with E-state index in [1.54, 1.807) is 6.92 Å². The molecule has 0 aromatic heterocycles. The van der Waals surface area contributed by atoms with Crippen molar-refractivity contribution >= 4 is 49.4 Å². The zero-order valence-corrected chi connectivity index (χ0v) is 62.9. The van der Waals surface area contributed by atoms with Gasteiger partial charge in [-0.1, -0.05) is 73.1 Å². The summed E-state index contributed by atoms with van der Waals surface area (Å²) in [6, 6.07) is -4.08. The number of nitrogens with two attached hydrogens (primary N) is 1. The summed E-state index contributed by atoms with van der Waals surface area (Å²) in [4.78, 5) is 104. The standard InChI is InChI=1S/C69H107N4O35P/c1-30(2)15-14-17-31(3)18-19-33(5)22-25-68(9,10)24-13-12-16-32(4)23-26-96-41(60(88)89)29-98-109(94,95)108-66-56(57(107-67(70)92)69(11,93)58(106-66)61(90)91)105-63-44(72-36(8)76)47(81)54(40(101-63)28-97-64-51(85)48(82)45(79)39(27-74)100-64)103-62-43(71-35(7)75)46(80)53(34(6)99-62)102-65-52(86)49(83)50(84)55(104-65)59(87)73-42-37(77)20-21-38(42)78/h13,15,18,23-24,34,39-41,43-58,62-66,74,77,79-86,93H,5,12,14,16-17,19-22,25-29H2,1-4,6-11H3,(H2,70,92)(H,71,75)(H,72,76)(H,73,87)(H,88,89)(H,90,91)(H,94,95)/p-3/b24-13+,31-18+,32-23+/t34-,39-,40-,41-,43-,44-,45-,46-,47-,48+,49+,50-,51-,52-,53-,54-,55+,56-,57-,58-,62+,63+,64-,65-,66-,69+/m1/s1. The third-order valence-corrected chi connectivity index (χ3v) is 19.8. The summed E-state index contributed by atoms with van der Waals surface area (Å²) in [5.41, 5.74) is 6.00. The van der Waals surface area contributed by atoms with Crippen LogP contribution < -0.4 is 36.8 Å². The minimum absolute atomic E-state index is 0.136. The number of ether oxygens (including phenoxy) is 11. The quantitative estimate of drug-likeness (QED) is 0.0205. The van der Waals surface area contributed by atoms with Crippen LogP contribution in [0.2, 0.25) is 0 Å². The lowest BCUT2D eigenvalue weighted by atomic mass is 9.85. The van der Waals surface area contributed by atoms with Crippen molar-refractivity contribution in [3.63, 3.8) is 0 Å². The first-order chi connectivity index (χ1) is 50.9. The topological polar surface area (TPSA) is 610 Å². The van der Waals surface area contributed by atoms with Gasteiger partial charge in [0.15, 0.2) is 55.5 Å². The van der Waals surface area contributed by atoms with E-state index < -0.39 is 246 Å². The number of aliphatic carboxylic acids is 2. The molecule has 0 aromatic carbocycles. The minimum atomic E-state index is -6.19. The smallest absolute Gasteiger partial charge is 0.404 e. The van der Waals surface area contributed by atoms with Crippen molar-refractivity contribution in [1.29, 1.82) is 0 Å². The maximum Gasteiger partial charge on any atom is 0.404 e. The van der Waals surface area contributed by atoms with E-state index in [2.05, 4.69) is 75.4 Å². The fourth-order valence-electron chi connectivity index (χ4n) is 12.6. The number of carboxylic acids is 2. The van der Waals surface area contributed by atoms with Gasteiger partial charge >= 0.3 is 6.09 Å². The Labute approximate surface area is 628 Å². The fourth-order valence-corrected chi connectivity index (χ4v) is 13.4. The van der Waals surface area contributed by atoms with Gasteiger partial charge in [-0.15, -0.1) is 0 Å². The Hall–Kier alpha value is -6.16. The number of rotatable bonds is 37. The zero-order chi connectivity index (χ0) is 81.5. The summed E-state index contributed by atoms with van der Waals surface area (Å²) in [5, 5.41) is 154. The number of primary amides is 1. The van der Waals surface area contributed by atoms with E-state index in [9.17, 15) is 109 Å². The van der Waals surface area contributed by atoms with Crippen LogP contribution in [0.5, 0.6) is 0 Å². The number of phosphoric ester groups is 1. The van der Waals surface area contributed by atoms with Crippen LogP contribution in [-0.2, 0) is 94.5 Å². The first-order valence-corrected chi connectivity index (χ1v) is 36.7.